The molecule has 4 rings (SSSR count). The minimum absolute atomic E-state index is 0.0713. The van der Waals surface area contributed by atoms with Crippen LogP contribution in [0.1, 0.15) is 6.42 Å². The zero-order chi connectivity index (χ0) is 17.7. The first-order valence-corrected chi connectivity index (χ1v) is 11.5. The first kappa shape index (κ1) is 17.4. The van der Waals surface area contributed by atoms with Crippen LogP contribution in [0.15, 0.2) is 91.0 Å². The number of hydrogen-bond acceptors (Lipinski definition) is 2. The molecule has 26 heavy (non-hydrogen) atoms. The van der Waals surface area contributed by atoms with E-state index >= 15 is 0 Å². The molecule has 1 saturated heterocycles. The average molecular weight is 364 g/mol. The Kier molecular flexibility index (Phi) is 5.45. The summed E-state index contributed by atoms with van der Waals surface area (Å²) in [7, 11) is -2.15. The number of benzene rings is 3. The molecule has 0 radical (unpaired) electrons. The van der Waals surface area contributed by atoms with Gasteiger partial charge in [0.05, 0.1) is 0 Å². The molecule has 0 bridgehead atoms. The number of ether oxygens (including phenoxy) is 2. The van der Waals surface area contributed by atoms with Crippen LogP contribution in [-0.4, -0.2) is 25.7 Å². The van der Waals surface area contributed by atoms with E-state index in [1.54, 1.807) is 0 Å². The zero-order valence-corrected chi connectivity index (χ0v) is 15.9. The molecule has 0 aliphatic carbocycles. The van der Waals surface area contributed by atoms with Crippen molar-refractivity contribution in [1.29, 1.82) is 0 Å². The van der Waals surface area contributed by atoms with Crippen molar-refractivity contribution in [3.8, 4) is 0 Å². The molecule has 3 aromatic rings. The Bertz CT molecular complexity index is 703. The molecule has 3 aromatic carbocycles. The van der Waals surface area contributed by atoms with Gasteiger partial charge >= 0.3 is 156 Å². The second kappa shape index (κ2) is 8.14. The maximum atomic E-state index is 5.76. The fraction of sp³-hybridized carbons (Fsp3) is 0.217. The summed E-state index contributed by atoms with van der Waals surface area (Å²) >= 11 is 0. The van der Waals surface area contributed by atoms with Gasteiger partial charge in [0.1, 0.15) is 0 Å². The van der Waals surface area contributed by atoms with Crippen LogP contribution in [0.25, 0.3) is 0 Å². The topological polar surface area (TPSA) is 18.5 Å². The molecule has 0 unspecified atom stereocenters. The molecule has 1 heterocycles. The summed E-state index contributed by atoms with van der Waals surface area (Å²) in [6, 6.07) is 33.0. The third-order valence-electron chi connectivity index (χ3n) is 5.25. The van der Waals surface area contributed by atoms with Gasteiger partial charge in [0.2, 0.25) is 0 Å². The van der Waals surface area contributed by atoms with E-state index < -0.39 is 7.26 Å². The molecule has 2 nitrogen and oxygen atoms in total. The van der Waals surface area contributed by atoms with Crippen molar-refractivity contribution in [2.45, 2.75) is 12.7 Å². The van der Waals surface area contributed by atoms with Gasteiger partial charge in [0.15, 0.2) is 0 Å². The second-order valence-electron chi connectivity index (χ2n) is 6.71. The van der Waals surface area contributed by atoms with Crippen molar-refractivity contribution in [2.75, 3.05) is 19.4 Å². The van der Waals surface area contributed by atoms with Crippen molar-refractivity contribution in [1.82, 2.24) is 0 Å². The third kappa shape index (κ3) is 3.46. The van der Waals surface area contributed by atoms with Crippen LogP contribution in [-0.2, 0) is 9.47 Å². The quantitative estimate of drug-likeness (QED) is 0.624. The van der Waals surface area contributed by atoms with Gasteiger partial charge in [-0.1, -0.05) is 0 Å². The Morgan fingerprint density at radius 2 is 1.00 bits per heavy atom. The van der Waals surface area contributed by atoms with Crippen LogP contribution in [0.3, 0.4) is 0 Å². The molecular formula is C23H25O2P. The molecule has 0 aromatic heterocycles. The van der Waals surface area contributed by atoms with Crippen LogP contribution in [0, 0.1) is 0 Å². The molecule has 0 amide bonds. The predicted molar refractivity (Wildman–Crippen MR) is 112 cm³/mol. The van der Waals surface area contributed by atoms with Gasteiger partial charge in [-0.3, -0.25) is 0 Å². The first-order valence-electron chi connectivity index (χ1n) is 9.29. The Morgan fingerprint density at radius 1 is 0.615 bits per heavy atom. The van der Waals surface area contributed by atoms with Crippen LogP contribution in [0.4, 0.5) is 0 Å². The maximum absolute atomic E-state index is 5.76. The summed E-state index contributed by atoms with van der Waals surface area (Å²) in [5.74, 6) is 0. The molecule has 3 heteroatoms. The van der Waals surface area contributed by atoms with E-state index in [0.29, 0.717) is 13.2 Å². The minimum atomic E-state index is -2.15. The van der Waals surface area contributed by atoms with E-state index in [-0.39, 0.29) is 6.29 Å². The Hall–Kier alpha value is -1.99. The first-order chi connectivity index (χ1) is 12.9. The van der Waals surface area contributed by atoms with Crippen LogP contribution < -0.4 is 15.9 Å². The molecule has 0 saturated carbocycles. The summed E-state index contributed by atoms with van der Waals surface area (Å²) in [5, 5.41) is 4.32. The molecule has 0 N–H and O–H groups in total. The monoisotopic (exact) mass is 364 g/mol. The fourth-order valence-electron chi connectivity index (χ4n) is 4.01. The summed E-state index contributed by atoms with van der Waals surface area (Å²) < 4.78 is 11.5. The second-order valence-corrected chi connectivity index (χ2v) is 10.8. The third-order valence-corrected chi connectivity index (χ3v) is 10.2. The summed E-state index contributed by atoms with van der Waals surface area (Å²) in [5.41, 5.74) is 0. The predicted octanol–water partition coefficient (Wildman–Crippen LogP) is 3.48. The van der Waals surface area contributed by atoms with Crippen LogP contribution >= 0.6 is 7.26 Å². The van der Waals surface area contributed by atoms with Crippen molar-refractivity contribution >= 4 is 23.2 Å². The molecule has 0 atom stereocenters. The van der Waals surface area contributed by atoms with E-state index in [9.17, 15) is 0 Å². The summed E-state index contributed by atoms with van der Waals surface area (Å²) in [4.78, 5) is 0. The normalized spacial score (nSPS) is 15.8. The van der Waals surface area contributed by atoms with Gasteiger partial charge in [-0.25, -0.2) is 0 Å². The fourth-order valence-corrected chi connectivity index (χ4v) is 8.83. The van der Waals surface area contributed by atoms with E-state index in [0.717, 1.165) is 12.6 Å². The summed E-state index contributed by atoms with van der Waals surface area (Å²) in [6.07, 6.45) is 1.92. The number of hydrogen-bond donors (Lipinski definition) is 0. The Morgan fingerprint density at radius 3 is 1.38 bits per heavy atom. The van der Waals surface area contributed by atoms with E-state index in [1.165, 1.54) is 15.9 Å². The SMILES string of the molecule is c1ccc([PH](CCC2OCCO2)(c2ccccc2)c2ccccc2)cc1. The van der Waals surface area contributed by atoms with Gasteiger partial charge < -0.3 is 0 Å². The van der Waals surface area contributed by atoms with Crippen LogP contribution in [0.2, 0.25) is 0 Å². The zero-order valence-electron chi connectivity index (χ0n) is 14.9. The average Bonchev–Trinajstić information content (AvgIpc) is 3.25. The Balaban J connectivity index is 1.84. The van der Waals surface area contributed by atoms with Crippen molar-refractivity contribution in [2.24, 2.45) is 0 Å². The molecule has 1 aliphatic rings. The summed E-state index contributed by atoms with van der Waals surface area (Å²) in [6.45, 7) is 1.42. The van der Waals surface area contributed by atoms with E-state index in [4.69, 9.17) is 9.47 Å². The molecule has 1 aliphatic heterocycles. The molecular weight excluding hydrogens is 339 g/mol. The standard InChI is InChI=1S/C23H25O2P/c1-4-10-20(11-5-1)26(21-12-6-2-7-13-21,22-14-8-3-9-15-22)19-16-23-24-17-18-25-23/h1-15,23,26H,16-19H2. The van der Waals surface area contributed by atoms with E-state index in [1.807, 2.05) is 0 Å². The molecule has 0 spiro atoms. The van der Waals surface area contributed by atoms with Gasteiger partial charge in [0, 0.05) is 0 Å². The van der Waals surface area contributed by atoms with Crippen LogP contribution in [0.5, 0.6) is 0 Å². The van der Waals surface area contributed by atoms with Crippen molar-refractivity contribution in [3.05, 3.63) is 91.0 Å². The van der Waals surface area contributed by atoms with Gasteiger partial charge in [-0.05, 0) is 0 Å². The van der Waals surface area contributed by atoms with Crippen molar-refractivity contribution in [3.63, 3.8) is 0 Å². The van der Waals surface area contributed by atoms with Gasteiger partial charge in [-0.15, -0.1) is 0 Å². The Labute approximate surface area is 156 Å². The molecule has 1 fully saturated rings. The van der Waals surface area contributed by atoms with Gasteiger partial charge in [-0.2, -0.15) is 0 Å². The van der Waals surface area contributed by atoms with Crippen molar-refractivity contribution < 1.29 is 9.47 Å². The molecule has 134 valence electrons. The van der Waals surface area contributed by atoms with Gasteiger partial charge in [0.25, 0.3) is 0 Å². The van der Waals surface area contributed by atoms with E-state index in [2.05, 4.69) is 91.0 Å². The number of rotatable bonds is 6.